The summed E-state index contributed by atoms with van der Waals surface area (Å²) >= 11 is 5.69. The van der Waals surface area contributed by atoms with Crippen molar-refractivity contribution in [3.8, 4) is 0 Å². The zero-order valence-electron chi connectivity index (χ0n) is 15.9. The minimum atomic E-state index is -4.31. The van der Waals surface area contributed by atoms with Crippen LogP contribution >= 0.6 is 11.6 Å². The molecule has 4 rings (SSSR count). The van der Waals surface area contributed by atoms with Gasteiger partial charge in [-0.15, -0.1) is 0 Å². The number of hydrogen-bond donors (Lipinski definition) is 0. The summed E-state index contributed by atoms with van der Waals surface area (Å²) in [6.45, 7) is 0. The Hall–Kier alpha value is -3.27. The summed E-state index contributed by atoms with van der Waals surface area (Å²) in [5.74, 6) is -3.17. The van der Waals surface area contributed by atoms with Crippen molar-refractivity contribution >= 4 is 34.5 Å². The lowest BCUT2D eigenvalue weighted by molar-refractivity contribution is -0.160. The number of pyridine rings is 1. The average Bonchev–Trinajstić information content (AvgIpc) is 3.15. The minimum Gasteiger partial charge on any atom is -0.296 e. The van der Waals surface area contributed by atoms with Crippen molar-refractivity contribution in [2.45, 2.75) is 12.6 Å². The maximum absolute atomic E-state index is 14.1. The average molecular weight is 452 g/mol. The molecule has 0 aliphatic heterocycles. The molecule has 160 valence electrons. The van der Waals surface area contributed by atoms with Gasteiger partial charge in [-0.2, -0.15) is 13.2 Å². The van der Waals surface area contributed by atoms with Crippen molar-refractivity contribution in [3.05, 3.63) is 71.3 Å². The number of imidazole rings is 1. The molecule has 0 bridgehead atoms. The maximum atomic E-state index is 14.1. The Bertz CT molecular complexity index is 1230. The zero-order chi connectivity index (χ0) is 22.3. The predicted molar refractivity (Wildman–Crippen MR) is 106 cm³/mol. The van der Waals surface area contributed by atoms with Gasteiger partial charge in [0.25, 0.3) is 5.91 Å². The summed E-state index contributed by atoms with van der Waals surface area (Å²) in [5, 5.41) is 0.0891. The topological polar surface area (TPSA) is 63.4 Å². The van der Waals surface area contributed by atoms with Gasteiger partial charge >= 0.3 is 6.18 Å². The first kappa shape index (κ1) is 21.0. The van der Waals surface area contributed by atoms with E-state index in [0.29, 0.717) is 16.9 Å². The van der Waals surface area contributed by atoms with E-state index in [4.69, 9.17) is 11.6 Å². The Labute approximate surface area is 178 Å². The number of hydrogen-bond acceptors (Lipinski definition) is 4. The van der Waals surface area contributed by atoms with Gasteiger partial charge in [0.1, 0.15) is 5.69 Å². The predicted octanol–water partition coefficient (Wildman–Crippen LogP) is 4.72. The molecule has 0 radical (unpaired) electrons. The molecular weight excluding hydrogens is 438 g/mol. The van der Waals surface area contributed by atoms with Crippen LogP contribution in [0.25, 0.3) is 11.2 Å². The van der Waals surface area contributed by atoms with Gasteiger partial charge in [0.05, 0.1) is 29.0 Å². The fraction of sp³-hybridized carbons (Fsp3) is 0.200. The van der Waals surface area contributed by atoms with E-state index in [1.165, 1.54) is 44.0 Å². The molecule has 11 heteroatoms. The summed E-state index contributed by atoms with van der Waals surface area (Å²) < 4.78 is 54.3. The van der Waals surface area contributed by atoms with Crippen LogP contribution in [0.15, 0.2) is 49.1 Å². The van der Waals surface area contributed by atoms with Gasteiger partial charge in [0.2, 0.25) is 0 Å². The molecule has 3 heterocycles. The van der Waals surface area contributed by atoms with Gasteiger partial charge < -0.3 is 0 Å². The summed E-state index contributed by atoms with van der Waals surface area (Å²) in [7, 11) is 1.34. The third-order valence-electron chi connectivity index (χ3n) is 4.84. The fourth-order valence-electron chi connectivity index (χ4n) is 3.19. The second-order valence-corrected chi connectivity index (χ2v) is 7.31. The number of aromatic nitrogens is 4. The molecule has 0 N–H and O–H groups in total. The lowest BCUT2D eigenvalue weighted by atomic mass is 9.95. The number of carbonyl (C=O) groups excluding carboxylic acids is 1. The smallest absolute Gasteiger partial charge is 0.296 e. The van der Waals surface area contributed by atoms with Crippen LogP contribution in [0, 0.1) is 11.7 Å². The van der Waals surface area contributed by atoms with Gasteiger partial charge in [0, 0.05) is 19.4 Å². The largest absolute Gasteiger partial charge is 0.395 e. The molecule has 1 unspecified atom stereocenters. The van der Waals surface area contributed by atoms with Gasteiger partial charge in [-0.25, -0.2) is 19.3 Å². The maximum Gasteiger partial charge on any atom is 0.395 e. The van der Waals surface area contributed by atoms with Crippen molar-refractivity contribution in [2.24, 2.45) is 5.92 Å². The lowest BCUT2D eigenvalue weighted by Gasteiger charge is -2.19. The fourth-order valence-corrected chi connectivity index (χ4v) is 3.33. The molecule has 0 saturated carbocycles. The number of nitrogens with zero attached hydrogens (tertiary/aromatic N) is 5. The van der Waals surface area contributed by atoms with E-state index in [0.717, 1.165) is 17.0 Å². The molecule has 3 aromatic heterocycles. The Balaban J connectivity index is 1.65. The molecule has 1 atom stereocenters. The first-order chi connectivity index (χ1) is 14.6. The summed E-state index contributed by atoms with van der Waals surface area (Å²) in [5.41, 5.74) is 1.41. The van der Waals surface area contributed by atoms with E-state index in [-0.39, 0.29) is 23.0 Å². The van der Waals surface area contributed by atoms with Crippen molar-refractivity contribution in [1.82, 2.24) is 19.4 Å². The normalized spacial score (nSPS) is 16.5. The molecule has 0 aromatic carbocycles. The summed E-state index contributed by atoms with van der Waals surface area (Å²) in [6, 6.07) is 1.04. The number of amides is 1. The molecule has 1 amide bonds. The Morgan fingerprint density at radius 3 is 2.65 bits per heavy atom. The van der Waals surface area contributed by atoms with Crippen molar-refractivity contribution in [1.29, 1.82) is 0 Å². The second kappa shape index (κ2) is 7.77. The van der Waals surface area contributed by atoms with Crippen molar-refractivity contribution < 1.29 is 22.4 Å². The highest BCUT2D eigenvalue weighted by Crippen LogP contribution is 2.35. The third kappa shape index (κ3) is 4.02. The highest BCUT2D eigenvalue weighted by atomic mass is 35.5. The number of halogens is 5. The Kier molecular flexibility index (Phi) is 5.26. The van der Waals surface area contributed by atoms with Crippen LogP contribution in [0.3, 0.4) is 0 Å². The molecule has 0 saturated heterocycles. The van der Waals surface area contributed by atoms with Crippen LogP contribution < -0.4 is 4.90 Å². The lowest BCUT2D eigenvalue weighted by Crippen LogP contribution is -2.29. The summed E-state index contributed by atoms with van der Waals surface area (Å²) in [4.78, 5) is 25.9. The molecule has 6 nitrogen and oxygen atoms in total. The van der Waals surface area contributed by atoms with Crippen LogP contribution in [0.2, 0.25) is 5.02 Å². The monoisotopic (exact) mass is 451 g/mol. The Morgan fingerprint density at radius 2 is 2.00 bits per heavy atom. The standard InChI is InChI=1S/C20H14ClF4N5O/c1-29(18-14(22)6-13(21)7-28-18)19(31)15-10-30-16(8-27-17(30)9-26-15)11-2-4-12(5-3-11)20(23,24)25/h2-4,6-10,12H,5H2,1H3. The molecule has 1 aliphatic carbocycles. The van der Waals surface area contributed by atoms with Crippen LogP contribution in [0.5, 0.6) is 0 Å². The zero-order valence-corrected chi connectivity index (χ0v) is 16.7. The van der Waals surface area contributed by atoms with Crippen LogP contribution in [-0.4, -0.2) is 38.5 Å². The van der Waals surface area contributed by atoms with Crippen LogP contribution in [-0.2, 0) is 0 Å². The van der Waals surface area contributed by atoms with Gasteiger partial charge in [-0.3, -0.25) is 14.1 Å². The highest BCUT2D eigenvalue weighted by Gasteiger charge is 2.38. The van der Waals surface area contributed by atoms with Gasteiger partial charge in [-0.05, 0) is 18.1 Å². The SMILES string of the molecule is CN(C(=O)c1cn2c(C3=CCC(C(F)(F)F)C=C3)cnc2cn1)c1ncc(Cl)cc1F. The molecular formula is C20H14ClF4N5O. The Morgan fingerprint density at radius 1 is 1.23 bits per heavy atom. The molecule has 0 spiro atoms. The number of carbonyl (C=O) groups is 1. The van der Waals surface area contributed by atoms with Gasteiger partial charge in [-0.1, -0.05) is 29.8 Å². The number of anilines is 1. The number of allylic oxidation sites excluding steroid dienone is 4. The second-order valence-electron chi connectivity index (χ2n) is 6.87. The first-order valence-electron chi connectivity index (χ1n) is 9.03. The van der Waals surface area contributed by atoms with E-state index in [2.05, 4.69) is 15.0 Å². The van der Waals surface area contributed by atoms with Gasteiger partial charge in [0.15, 0.2) is 17.3 Å². The molecule has 31 heavy (non-hydrogen) atoms. The van der Waals surface area contributed by atoms with E-state index in [1.54, 1.807) is 4.40 Å². The quantitative estimate of drug-likeness (QED) is 0.541. The summed E-state index contributed by atoms with van der Waals surface area (Å²) in [6.07, 6.45) is 4.90. The van der Waals surface area contributed by atoms with Crippen LogP contribution in [0.4, 0.5) is 23.4 Å². The van der Waals surface area contributed by atoms with Crippen molar-refractivity contribution in [3.63, 3.8) is 0 Å². The van der Waals surface area contributed by atoms with E-state index in [9.17, 15) is 22.4 Å². The molecule has 1 aliphatic rings. The van der Waals surface area contributed by atoms with E-state index in [1.807, 2.05) is 0 Å². The number of rotatable bonds is 3. The highest BCUT2D eigenvalue weighted by molar-refractivity contribution is 6.30. The molecule has 0 fully saturated rings. The molecule has 3 aromatic rings. The van der Waals surface area contributed by atoms with E-state index < -0.39 is 23.8 Å². The number of alkyl halides is 3. The van der Waals surface area contributed by atoms with Crippen molar-refractivity contribution in [2.75, 3.05) is 11.9 Å². The minimum absolute atomic E-state index is 0.0287. The van der Waals surface area contributed by atoms with Crippen LogP contribution in [0.1, 0.15) is 22.6 Å². The van der Waals surface area contributed by atoms with E-state index >= 15 is 0 Å². The third-order valence-corrected chi connectivity index (χ3v) is 5.05. The number of fused-ring (bicyclic) bond motifs is 1. The first-order valence-corrected chi connectivity index (χ1v) is 9.40.